The van der Waals surface area contributed by atoms with Crippen LogP contribution in [0.15, 0.2) is 42.6 Å². The number of aromatic amines is 1. The second kappa shape index (κ2) is 9.89. The van der Waals surface area contributed by atoms with Crippen LogP contribution in [-0.4, -0.2) is 53.6 Å². The van der Waals surface area contributed by atoms with Crippen LogP contribution in [0.5, 0.6) is 5.75 Å². The van der Waals surface area contributed by atoms with Gasteiger partial charge in [-0.1, -0.05) is 12.1 Å². The molecule has 2 aromatic carbocycles. The topological polar surface area (TPSA) is 77.6 Å². The van der Waals surface area contributed by atoms with Crippen molar-refractivity contribution in [3.05, 3.63) is 64.8 Å². The van der Waals surface area contributed by atoms with E-state index in [4.69, 9.17) is 4.74 Å². The Kier molecular flexibility index (Phi) is 6.95. The molecular weight excluding hydrogens is 428 g/mol. The van der Waals surface area contributed by atoms with E-state index in [0.717, 1.165) is 46.3 Å². The highest BCUT2D eigenvalue weighted by Gasteiger charge is 2.31. The van der Waals surface area contributed by atoms with E-state index in [0.29, 0.717) is 13.0 Å². The van der Waals surface area contributed by atoms with E-state index in [2.05, 4.69) is 15.2 Å². The predicted molar refractivity (Wildman–Crippen MR) is 123 cm³/mol. The molecule has 1 aliphatic rings. The Labute approximate surface area is 191 Å². The molecule has 0 unspecified atom stereocenters. The van der Waals surface area contributed by atoms with Crippen LogP contribution in [0.2, 0.25) is 0 Å². The fourth-order valence-corrected chi connectivity index (χ4v) is 4.82. The van der Waals surface area contributed by atoms with E-state index >= 15 is 0 Å². The molecule has 8 heteroatoms. The van der Waals surface area contributed by atoms with E-state index in [-0.39, 0.29) is 24.2 Å². The van der Waals surface area contributed by atoms with Crippen LogP contribution in [0, 0.1) is 6.92 Å². The Morgan fingerprint density at radius 3 is 2.73 bits per heavy atom. The number of methoxy groups -OCH3 is 1. The van der Waals surface area contributed by atoms with Gasteiger partial charge in [-0.3, -0.25) is 4.90 Å². The van der Waals surface area contributed by atoms with Gasteiger partial charge in [-0.05, 0) is 55.2 Å². The fourth-order valence-electron chi connectivity index (χ4n) is 4.82. The summed E-state index contributed by atoms with van der Waals surface area (Å²) in [5.41, 5.74) is 4.45. The maximum atomic E-state index is 12.8. The third-order valence-corrected chi connectivity index (χ3v) is 6.51. The molecule has 0 bridgehead atoms. The largest absolute Gasteiger partial charge is 0.496 e. The molecule has 0 spiro atoms. The number of carbonyl (C=O) groups is 1. The number of ether oxygens (including phenoxy) is 1. The molecule has 1 aliphatic heterocycles. The number of likely N-dealkylation sites (tertiary alicyclic amines) is 1. The number of H-pyrrole nitrogens is 1. The molecule has 33 heavy (non-hydrogen) atoms. The maximum Gasteiger partial charge on any atom is 0.335 e. The Bertz CT molecular complexity index is 1110. The lowest BCUT2D eigenvalue weighted by molar-refractivity contribution is 0.0696. The summed E-state index contributed by atoms with van der Waals surface area (Å²) in [6.07, 6.45) is 0.934. The van der Waals surface area contributed by atoms with E-state index in [1.807, 2.05) is 37.4 Å². The number of alkyl halides is 2. The highest BCUT2D eigenvalue weighted by Crippen LogP contribution is 2.37. The van der Waals surface area contributed by atoms with Crippen molar-refractivity contribution in [2.24, 2.45) is 0 Å². The number of benzene rings is 2. The quantitative estimate of drug-likeness (QED) is 0.455. The third kappa shape index (κ3) is 5.02. The first-order valence-electron chi connectivity index (χ1n) is 11.1. The maximum absolute atomic E-state index is 12.8. The molecule has 0 saturated carbocycles. The van der Waals surface area contributed by atoms with Crippen molar-refractivity contribution in [3.63, 3.8) is 0 Å². The molecule has 1 saturated heterocycles. The normalized spacial score (nSPS) is 19.3. The van der Waals surface area contributed by atoms with Gasteiger partial charge in [-0.25, -0.2) is 13.6 Å². The van der Waals surface area contributed by atoms with Gasteiger partial charge in [0.15, 0.2) is 0 Å². The summed E-state index contributed by atoms with van der Waals surface area (Å²) in [7, 11) is 1.67. The molecule has 4 rings (SSSR count). The Morgan fingerprint density at radius 2 is 2.06 bits per heavy atom. The molecule has 2 heterocycles. The van der Waals surface area contributed by atoms with Crippen molar-refractivity contribution in [3.8, 4) is 5.75 Å². The number of aromatic carboxylic acids is 1. The van der Waals surface area contributed by atoms with E-state index in [9.17, 15) is 18.7 Å². The number of hydrogen-bond acceptors (Lipinski definition) is 4. The predicted octanol–water partition coefficient (Wildman–Crippen LogP) is 4.74. The fraction of sp³-hybridized carbons (Fsp3) is 0.400. The molecule has 3 N–H and O–H groups in total. The van der Waals surface area contributed by atoms with Gasteiger partial charge in [0.05, 0.1) is 19.2 Å². The van der Waals surface area contributed by atoms with Crippen molar-refractivity contribution >= 4 is 16.9 Å². The molecule has 0 amide bonds. The number of rotatable bonds is 8. The van der Waals surface area contributed by atoms with Gasteiger partial charge < -0.3 is 20.1 Å². The SMILES string of the molecule is COc1cc(C)c2[nH]ccc2c1CN1CC[C@@H](NCC(F)F)C[C@H]1c1ccc(C(=O)O)cc1. The number of aryl methyl sites for hydroxylation is 1. The minimum Gasteiger partial charge on any atom is -0.496 e. The molecule has 1 fully saturated rings. The van der Waals surface area contributed by atoms with E-state index < -0.39 is 12.4 Å². The van der Waals surface area contributed by atoms with Crippen LogP contribution in [0.1, 0.15) is 45.9 Å². The number of carboxylic acids is 1. The lowest BCUT2D eigenvalue weighted by atomic mass is 9.90. The number of nitrogens with one attached hydrogen (secondary N) is 2. The molecule has 0 aliphatic carbocycles. The summed E-state index contributed by atoms with van der Waals surface area (Å²) in [6.45, 7) is 3.06. The lowest BCUT2D eigenvalue weighted by Crippen LogP contribution is -2.45. The van der Waals surface area contributed by atoms with Crippen molar-refractivity contribution in [2.45, 2.75) is 44.8 Å². The summed E-state index contributed by atoms with van der Waals surface area (Å²) in [4.78, 5) is 16.9. The van der Waals surface area contributed by atoms with Gasteiger partial charge in [-0.15, -0.1) is 0 Å². The number of carboxylic acid groups (broad SMARTS) is 1. The molecule has 3 aromatic rings. The van der Waals surface area contributed by atoms with Crippen LogP contribution in [0.4, 0.5) is 8.78 Å². The van der Waals surface area contributed by atoms with Crippen molar-refractivity contribution in [2.75, 3.05) is 20.2 Å². The number of hydrogen-bond donors (Lipinski definition) is 3. The zero-order valence-electron chi connectivity index (χ0n) is 18.8. The number of halogens is 2. The zero-order valence-corrected chi connectivity index (χ0v) is 18.8. The Morgan fingerprint density at radius 1 is 1.30 bits per heavy atom. The van der Waals surface area contributed by atoms with E-state index in [1.54, 1.807) is 19.2 Å². The van der Waals surface area contributed by atoms with Crippen LogP contribution in [0.3, 0.4) is 0 Å². The summed E-state index contributed by atoms with van der Waals surface area (Å²) in [5, 5.41) is 13.3. The number of nitrogens with zero attached hydrogens (tertiary/aromatic N) is 1. The highest BCUT2D eigenvalue weighted by molar-refractivity contribution is 5.88. The first-order valence-corrected chi connectivity index (χ1v) is 11.1. The van der Waals surface area contributed by atoms with Crippen molar-refractivity contribution in [1.82, 2.24) is 15.2 Å². The Hall–Kier alpha value is -2.97. The van der Waals surface area contributed by atoms with Crippen LogP contribution in [-0.2, 0) is 6.54 Å². The first-order chi connectivity index (χ1) is 15.9. The second-order valence-corrected chi connectivity index (χ2v) is 8.57. The standard InChI is InChI=1S/C25H29F2N3O3/c1-15-11-22(33-2)20(19-7-9-28-24(15)19)14-30-10-8-18(29-13-23(26)27)12-21(30)16-3-5-17(6-4-16)25(31)32/h3-7,9,11,18,21,23,28-29H,8,10,12-14H2,1-2H3,(H,31,32)/t18-,21+/m1/s1. The van der Waals surface area contributed by atoms with Crippen molar-refractivity contribution < 1.29 is 23.4 Å². The summed E-state index contributed by atoms with van der Waals surface area (Å²) < 4.78 is 31.3. The second-order valence-electron chi connectivity index (χ2n) is 8.57. The molecule has 6 nitrogen and oxygen atoms in total. The number of piperidine rings is 1. The minimum atomic E-state index is -2.39. The molecular formula is C25H29F2N3O3. The summed E-state index contributed by atoms with van der Waals surface area (Å²) in [6, 6.07) is 10.9. The zero-order chi connectivity index (χ0) is 23.5. The number of fused-ring (bicyclic) bond motifs is 1. The molecule has 0 radical (unpaired) electrons. The van der Waals surface area contributed by atoms with E-state index in [1.165, 1.54) is 0 Å². The first kappa shape index (κ1) is 23.2. The van der Waals surface area contributed by atoms with Gasteiger partial charge in [0.2, 0.25) is 0 Å². The number of aromatic nitrogens is 1. The van der Waals surface area contributed by atoms with Gasteiger partial charge in [0, 0.05) is 47.8 Å². The third-order valence-electron chi connectivity index (χ3n) is 6.51. The minimum absolute atomic E-state index is 0.0356. The van der Waals surface area contributed by atoms with Crippen LogP contribution >= 0.6 is 0 Å². The highest BCUT2D eigenvalue weighted by atomic mass is 19.3. The van der Waals surface area contributed by atoms with Crippen LogP contribution < -0.4 is 10.1 Å². The van der Waals surface area contributed by atoms with Gasteiger partial charge in [0.25, 0.3) is 6.43 Å². The van der Waals surface area contributed by atoms with Gasteiger partial charge in [0.1, 0.15) is 5.75 Å². The van der Waals surface area contributed by atoms with Crippen molar-refractivity contribution in [1.29, 1.82) is 0 Å². The summed E-state index contributed by atoms with van der Waals surface area (Å²) >= 11 is 0. The van der Waals surface area contributed by atoms with Gasteiger partial charge >= 0.3 is 5.97 Å². The molecule has 176 valence electrons. The smallest absolute Gasteiger partial charge is 0.335 e. The lowest BCUT2D eigenvalue weighted by Gasteiger charge is -2.40. The molecule has 1 aromatic heterocycles. The molecule has 2 atom stereocenters. The average molecular weight is 458 g/mol. The van der Waals surface area contributed by atoms with Crippen LogP contribution in [0.25, 0.3) is 10.9 Å². The summed E-state index contributed by atoms with van der Waals surface area (Å²) in [5.74, 6) is -0.157. The Balaban J connectivity index is 1.66. The average Bonchev–Trinajstić information content (AvgIpc) is 3.30. The monoisotopic (exact) mass is 457 g/mol. The van der Waals surface area contributed by atoms with Gasteiger partial charge in [-0.2, -0.15) is 0 Å².